The van der Waals surface area contributed by atoms with E-state index in [9.17, 15) is 9.18 Å². The Bertz CT molecular complexity index is 810. The van der Waals surface area contributed by atoms with Crippen molar-refractivity contribution in [3.63, 3.8) is 0 Å². The molecule has 0 radical (unpaired) electrons. The molecule has 0 spiro atoms. The molecule has 4 nitrogen and oxygen atoms in total. The van der Waals surface area contributed by atoms with Crippen molar-refractivity contribution in [2.75, 3.05) is 0 Å². The maximum Gasteiger partial charge on any atom is 0.313 e. The fourth-order valence-corrected chi connectivity index (χ4v) is 1.93. The van der Waals surface area contributed by atoms with Crippen LogP contribution >= 0.6 is 0 Å². The van der Waals surface area contributed by atoms with Crippen molar-refractivity contribution in [1.82, 2.24) is 0 Å². The lowest BCUT2D eigenvalue weighted by Gasteiger charge is -2.10. The van der Waals surface area contributed by atoms with Crippen molar-refractivity contribution < 1.29 is 18.7 Å². The van der Waals surface area contributed by atoms with E-state index in [0.29, 0.717) is 22.4 Å². The summed E-state index contributed by atoms with van der Waals surface area (Å²) in [4.78, 5) is 11.6. The number of nitrogens with one attached hydrogen (secondary N) is 1. The quantitative estimate of drug-likeness (QED) is 0.361. The van der Waals surface area contributed by atoms with E-state index in [1.54, 1.807) is 57.2 Å². The van der Waals surface area contributed by atoms with Gasteiger partial charge < -0.3 is 9.47 Å². The zero-order valence-corrected chi connectivity index (χ0v) is 14.4. The minimum atomic E-state index is -0.473. The Morgan fingerprint density at radius 1 is 1.08 bits per heavy atom. The fraction of sp³-hybridized carbons (Fsp3) is 0.200. The Kier molecular flexibility index (Phi) is 5.70. The van der Waals surface area contributed by atoms with Crippen molar-refractivity contribution in [3.05, 3.63) is 60.4 Å². The SMILES string of the molecule is C=C(C)C(=N)Oc1ccc(-c2ccc(OC(=O)C(C)C)cc2)c(F)c1. The molecular weight excluding hydrogens is 321 g/mol. The number of rotatable bonds is 5. The van der Waals surface area contributed by atoms with Gasteiger partial charge in [-0.05, 0) is 36.8 Å². The minimum Gasteiger partial charge on any atom is -0.439 e. The molecule has 2 rings (SSSR count). The van der Waals surface area contributed by atoms with Gasteiger partial charge >= 0.3 is 5.97 Å². The number of hydrogen-bond acceptors (Lipinski definition) is 4. The number of esters is 1. The van der Waals surface area contributed by atoms with Crippen LogP contribution < -0.4 is 9.47 Å². The molecule has 0 heterocycles. The molecule has 130 valence electrons. The summed E-state index contributed by atoms with van der Waals surface area (Å²) in [6.45, 7) is 8.75. The molecule has 0 aromatic heterocycles. The molecule has 0 bridgehead atoms. The summed E-state index contributed by atoms with van der Waals surface area (Å²) in [5.74, 6) is -0.472. The van der Waals surface area contributed by atoms with Gasteiger partial charge in [0.2, 0.25) is 5.90 Å². The molecule has 0 amide bonds. The lowest BCUT2D eigenvalue weighted by Crippen LogP contribution is -2.14. The normalized spacial score (nSPS) is 10.4. The van der Waals surface area contributed by atoms with Crippen LogP contribution in [0.3, 0.4) is 0 Å². The zero-order chi connectivity index (χ0) is 18.6. The number of carbonyl (C=O) groups excluding carboxylic acids is 1. The van der Waals surface area contributed by atoms with Crippen LogP contribution in [0.1, 0.15) is 20.8 Å². The summed E-state index contributed by atoms with van der Waals surface area (Å²) < 4.78 is 24.8. The van der Waals surface area contributed by atoms with Crippen molar-refractivity contribution in [1.29, 1.82) is 5.41 Å². The van der Waals surface area contributed by atoms with Gasteiger partial charge in [0.1, 0.15) is 17.3 Å². The predicted molar refractivity (Wildman–Crippen MR) is 95.5 cm³/mol. The largest absolute Gasteiger partial charge is 0.439 e. The van der Waals surface area contributed by atoms with Crippen molar-refractivity contribution >= 4 is 11.9 Å². The molecule has 0 atom stereocenters. The summed E-state index contributed by atoms with van der Waals surface area (Å²) in [7, 11) is 0. The highest BCUT2D eigenvalue weighted by atomic mass is 19.1. The highest BCUT2D eigenvalue weighted by molar-refractivity contribution is 5.91. The highest BCUT2D eigenvalue weighted by Gasteiger charge is 2.11. The Balaban J connectivity index is 2.17. The van der Waals surface area contributed by atoms with Gasteiger partial charge in [0, 0.05) is 17.2 Å². The molecule has 25 heavy (non-hydrogen) atoms. The number of halogens is 1. The Morgan fingerprint density at radius 3 is 2.20 bits per heavy atom. The average Bonchev–Trinajstić information content (AvgIpc) is 2.55. The van der Waals surface area contributed by atoms with E-state index in [0.717, 1.165) is 0 Å². The van der Waals surface area contributed by atoms with E-state index in [-0.39, 0.29) is 23.5 Å². The van der Waals surface area contributed by atoms with Gasteiger partial charge in [-0.15, -0.1) is 0 Å². The molecule has 0 saturated carbocycles. The fourth-order valence-electron chi connectivity index (χ4n) is 1.93. The molecule has 0 aliphatic heterocycles. The zero-order valence-electron chi connectivity index (χ0n) is 14.4. The van der Waals surface area contributed by atoms with Gasteiger partial charge in [-0.25, -0.2) is 4.39 Å². The summed E-state index contributed by atoms with van der Waals surface area (Å²) >= 11 is 0. The standard InChI is InChI=1S/C20H20FNO3/c1-12(2)19(22)24-16-9-10-17(18(21)11-16)14-5-7-15(8-6-14)25-20(23)13(3)4/h5-11,13,22H,1H2,2-4H3. The van der Waals surface area contributed by atoms with Gasteiger partial charge in [-0.1, -0.05) is 32.6 Å². The number of carbonyl (C=O) groups is 1. The van der Waals surface area contributed by atoms with E-state index in [2.05, 4.69) is 6.58 Å². The molecule has 1 N–H and O–H groups in total. The summed E-state index contributed by atoms with van der Waals surface area (Å²) in [5.41, 5.74) is 1.48. The van der Waals surface area contributed by atoms with Crippen LogP contribution in [0.5, 0.6) is 11.5 Å². The van der Waals surface area contributed by atoms with Crippen LogP contribution in [0.4, 0.5) is 4.39 Å². The first-order valence-corrected chi connectivity index (χ1v) is 7.82. The first kappa shape index (κ1) is 18.4. The first-order valence-electron chi connectivity index (χ1n) is 7.82. The molecular formula is C20H20FNO3. The van der Waals surface area contributed by atoms with E-state index in [1.807, 2.05) is 0 Å². The summed E-state index contributed by atoms with van der Waals surface area (Å²) in [6.07, 6.45) is 0. The lowest BCUT2D eigenvalue weighted by atomic mass is 10.0. The van der Waals surface area contributed by atoms with Crippen LogP contribution in [0.15, 0.2) is 54.6 Å². The maximum atomic E-state index is 14.3. The molecule has 5 heteroatoms. The van der Waals surface area contributed by atoms with Crippen LogP contribution in [0.2, 0.25) is 0 Å². The Labute approximate surface area is 146 Å². The van der Waals surface area contributed by atoms with Crippen LogP contribution in [-0.2, 0) is 4.79 Å². The second kappa shape index (κ2) is 7.75. The monoisotopic (exact) mass is 341 g/mol. The summed E-state index contributed by atoms with van der Waals surface area (Å²) in [5, 5.41) is 7.59. The van der Waals surface area contributed by atoms with Crippen LogP contribution in [-0.4, -0.2) is 11.9 Å². The van der Waals surface area contributed by atoms with Gasteiger partial charge in [0.15, 0.2) is 0 Å². The Morgan fingerprint density at radius 2 is 1.68 bits per heavy atom. The van der Waals surface area contributed by atoms with Gasteiger partial charge in [-0.3, -0.25) is 10.2 Å². The third-order valence-electron chi connectivity index (χ3n) is 3.40. The van der Waals surface area contributed by atoms with Gasteiger partial charge in [0.25, 0.3) is 0 Å². The molecule has 0 unspecified atom stereocenters. The Hall–Kier alpha value is -2.95. The number of hydrogen-bond donors (Lipinski definition) is 1. The molecule has 0 saturated heterocycles. The van der Waals surface area contributed by atoms with Crippen LogP contribution in [0, 0.1) is 17.1 Å². The van der Waals surface area contributed by atoms with Gasteiger partial charge in [0.05, 0.1) is 5.92 Å². The first-order chi connectivity index (χ1) is 11.8. The van der Waals surface area contributed by atoms with E-state index >= 15 is 0 Å². The second-order valence-corrected chi connectivity index (χ2v) is 5.95. The van der Waals surface area contributed by atoms with E-state index < -0.39 is 5.82 Å². The van der Waals surface area contributed by atoms with Crippen molar-refractivity contribution in [2.24, 2.45) is 5.92 Å². The topological polar surface area (TPSA) is 59.4 Å². The smallest absolute Gasteiger partial charge is 0.313 e. The molecule has 2 aromatic carbocycles. The molecule has 0 aliphatic rings. The highest BCUT2D eigenvalue weighted by Crippen LogP contribution is 2.28. The predicted octanol–water partition coefficient (Wildman–Crippen LogP) is 4.99. The maximum absolute atomic E-state index is 14.3. The third kappa shape index (κ3) is 4.76. The minimum absolute atomic E-state index is 0.108. The third-order valence-corrected chi connectivity index (χ3v) is 3.40. The second-order valence-electron chi connectivity index (χ2n) is 5.95. The van der Waals surface area contributed by atoms with Crippen molar-refractivity contribution in [2.45, 2.75) is 20.8 Å². The average molecular weight is 341 g/mol. The number of ether oxygens (including phenoxy) is 2. The van der Waals surface area contributed by atoms with E-state index in [4.69, 9.17) is 14.9 Å². The molecule has 2 aromatic rings. The van der Waals surface area contributed by atoms with Crippen molar-refractivity contribution in [3.8, 4) is 22.6 Å². The molecule has 0 fully saturated rings. The van der Waals surface area contributed by atoms with Crippen LogP contribution in [0.25, 0.3) is 11.1 Å². The summed E-state index contributed by atoms with van der Waals surface area (Å²) in [6, 6.07) is 11.0. The lowest BCUT2D eigenvalue weighted by molar-refractivity contribution is -0.137. The van der Waals surface area contributed by atoms with Gasteiger partial charge in [-0.2, -0.15) is 0 Å². The van der Waals surface area contributed by atoms with E-state index in [1.165, 1.54) is 6.07 Å². The number of benzene rings is 2. The molecule has 0 aliphatic carbocycles.